The van der Waals surface area contributed by atoms with Crippen molar-refractivity contribution in [2.75, 3.05) is 29.9 Å². The number of amides is 2. The van der Waals surface area contributed by atoms with Crippen molar-refractivity contribution < 1.29 is 9.59 Å². The molecule has 142 valence electrons. The van der Waals surface area contributed by atoms with E-state index in [1.165, 1.54) is 30.6 Å². The Labute approximate surface area is 163 Å². The van der Waals surface area contributed by atoms with Crippen LogP contribution in [0.5, 0.6) is 0 Å². The Hall–Kier alpha value is -2.25. The lowest BCUT2D eigenvalue weighted by Gasteiger charge is -2.25. The van der Waals surface area contributed by atoms with Gasteiger partial charge in [-0.2, -0.15) is 0 Å². The van der Waals surface area contributed by atoms with E-state index in [9.17, 15) is 9.59 Å². The van der Waals surface area contributed by atoms with Crippen LogP contribution < -0.4 is 10.2 Å². The van der Waals surface area contributed by atoms with Crippen LogP contribution in [-0.4, -0.2) is 41.3 Å². The highest BCUT2D eigenvalue weighted by molar-refractivity contribution is 7.14. The van der Waals surface area contributed by atoms with Gasteiger partial charge in [0.1, 0.15) is 0 Å². The predicted molar refractivity (Wildman–Crippen MR) is 107 cm³/mol. The molecule has 2 aliphatic heterocycles. The largest absolute Gasteiger partial charge is 0.312 e. The lowest BCUT2D eigenvalue weighted by molar-refractivity contribution is -0.117. The van der Waals surface area contributed by atoms with Crippen LogP contribution in [0, 0.1) is 0 Å². The van der Waals surface area contributed by atoms with Crippen molar-refractivity contribution >= 4 is 34.0 Å². The van der Waals surface area contributed by atoms with Crippen LogP contribution in [0.15, 0.2) is 29.6 Å². The van der Waals surface area contributed by atoms with Crippen molar-refractivity contribution in [2.24, 2.45) is 0 Å². The Morgan fingerprint density at radius 2 is 2.00 bits per heavy atom. The minimum atomic E-state index is -0.192. The molecule has 2 aromatic rings. The van der Waals surface area contributed by atoms with Crippen LogP contribution in [0.1, 0.15) is 48.2 Å². The quantitative estimate of drug-likeness (QED) is 0.857. The maximum atomic E-state index is 12.6. The molecule has 0 unspecified atom stereocenters. The summed E-state index contributed by atoms with van der Waals surface area (Å²) in [5.74, 6) is -0.0720. The average Bonchev–Trinajstić information content (AvgIpc) is 3.31. The molecule has 2 fully saturated rings. The second kappa shape index (κ2) is 8.19. The first-order valence-corrected chi connectivity index (χ1v) is 10.5. The monoisotopic (exact) mass is 384 g/mol. The number of piperidine rings is 1. The normalized spacial score (nSPS) is 18.1. The van der Waals surface area contributed by atoms with Gasteiger partial charge >= 0.3 is 0 Å². The fourth-order valence-corrected chi connectivity index (χ4v) is 4.39. The maximum Gasteiger partial charge on any atom is 0.257 e. The van der Waals surface area contributed by atoms with Crippen LogP contribution in [0.3, 0.4) is 0 Å². The van der Waals surface area contributed by atoms with Gasteiger partial charge in [-0.25, -0.2) is 4.98 Å². The zero-order valence-corrected chi connectivity index (χ0v) is 16.1. The molecule has 0 aliphatic carbocycles. The molecule has 0 bridgehead atoms. The molecular formula is C20H24N4O2S. The second-order valence-corrected chi connectivity index (χ2v) is 7.99. The number of hydrogen-bond acceptors (Lipinski definition) is 5. The van der Waals surface area contributed by atoms with Gasteiger partial charge in [-0.1, -0.05) is 12.5 Å². The molecule has 0 radical (unpaired) electrons. The number of hydrogen-bond donors (Lipinski definition) is 1. The van der Waals surface area contributed by atoms with Gasteiger partial charge in [0.2, 0.25) is 5.91 Å². The highest BCUT2D eigenvalue weighted by Gasteiger charge is 2.22. The van der Waals surface area contributed by atoms with E-state index in [1.54, 1.807) is 17.0 Å². The first-order chi connectivity index (χ1) is 13.2. The number of benzene rings is 1. The Morgan fingerprint density at radius 1 is 1.15 bits per heavy atom. The van der Waals surface area contributed by atoms with Crippen molar-refractivity contribution in [3.8, 4) is 0 Å². The van der Waals surface area contributed by atoms with E-state index in [-0.39, 0.29) is 11.8 Å². The Morgan fingerprint density at radius 3 is 2.78 bits per heavy atom. The molecule has 2 aliphatic rings. The van der Waals surface area contributed by atoms with Gasteiger partial charge in [0.25, 0.3) is 5.91 Å². The minimum absolute atomic E-state index is 0.120. The van der Waals surface area contributed by atoms with E-state index >= 15 is 0 Å². The number of thiazole rings is 1. The van der Waals surface area contributed by atoms with Crippen molar-refractivity contribution in [3.05, 3.63) is 40.9 Å². The molecule has 1 aromatic carbocycles. The summed E-state index contributed by atoms with van der Waals surface area (Å²) in [5.41, 5.74) is 2.34. The van der Waals surface area contributed by atoms with Crippen molar-refractivity contribution in [2.45, 2.75) is 38.6 Å². The van der Waals surface area contributed by atoms with Crippen LogP contribution in [0.25, 0.3) is 0 Å². The van der Waals surface area contributed by atoms with Gasteiger partial charge in [-0.15, -0.1) is 11.3 Å². The minimum Gasteiger partial charge on any atom is -0.312 e. The number of carbonyl (C=O) groups excluding carboxylic acids is 2. The SMILES string of the molecule is O=C(Nc1nc(CN2CCCCC2)cs1)c1cccc(N2CCCC2=O)c1. The van der Waals surface area contributed by atoms with Crippen LogP contribution in [0.4, 0.5) is 10.8 Å². The van der Waals surface area contributed by atoms with Crippen LogP contribution in [0.2, 0.25) is 0 Å². The average molecular weight is 385 g/mol. The molecule has 4 rings (SSSR count). The number of nitrogens with zero attached hydrogens (tertiary/aromatic N) is 3. The summed E-state index contributed by atoms with van der Waals surface area (Å²) >= 11 is 1.46. The van der Waals surface area contributed by atoms with Gasteiger partial charge < -0.3 is 4.90 Å². The maximum absolute atomic E-state index is 12.6. The van der Waals surface area contributed by atoms with Gasteiger partial charge in [0, 0.05) is 36.1 Å². The lowest BCUT2D eigenvalue weighted by atomic mass is 10.1. The zero-order chi connectivity index (χ0) is 18.6. The molecule has 0 atom stereocenters. The summed E-state index contributed by atoms with van der Waals surface area (Å²) in [5, 5.41) is 5.53. The van der Waals surface area contributed by atoms with Crippen molar-refractivity contribution in [1.29, 1.82) is 0 Å². The van der Waals surface area contributed by atoms with E-state index in [0.717, 1.165) is 44.0 Å². The smallest absolute Gasteiger partial charge is 0.257 e. The number of anilines is 2. The number of carbonyl (C=O) groups is 2. The Bertz CT molecular complexity index is 829. The van der Waals surface area contributed by atoms with Gasteiger partial charge in [0.05, 0.1) is 5.69 Å². The third-order valence-electron chi connectivity index (χ3n) is 5.10. The third kappa shape index (κ3) is 4.36. The van der Waals surface area contributed by atoms with E-state index in [0.29, 0.717) is 17.1 Å². The fraction of sp³-hybridized carbons (Fsp3) is 0.450. The van der Waals surface area contributed by atoms with E-state index < -0.39 is 0 Å². The lowest BCUT2D eigenvalue weighted by Crippen LogP contribution is -2.29. The first kappa shape index (κ1) is 18.1. The summed E-state index contributed by atoms with van der Waals surface area (Å²) in [6, 6.07) is 7.24. The molecule has 27 heavy (non-hydrogen) atoms. The van der Waals surface area contributed by atoms with Crippen LogP contribution in [-0.2, 0) is 11.3 Å². The van der Waals surface area contributed by atoms with Crippen molar-refractivity contribution in [1.82, 2.24) is 9.88 Å². The highest BCUT2D eigenvalue weighted by atomic mass is 32.1. The number of likely N-dealkylation sites (tertiary alicyclic amines) is 1. The molecule has 1 N–H and O–H groups in total. The number of aromatic nitrogens is 1. The Kier molecular flexibility index (Phi) is 5.50. The van der Waals surface area contributed by atoms with E-state index in [2.05, 4.69) is 15.2 Å². The topological polar surface area (TPSA) is 65.5 Å². The molecule has 0 saturated carbocycles. The number of nitrogens with one attached hydrogen (secondary N) is 1. The third-order valence-corrected chi connectivity index (χ3v) is 5.91. The molecule has 2 saturated heterocycles. The predicted octanol–water partition coefficient (Wildman–Crippen LogP) is 3.51. The van der Waals surface area contributed by atoms with Gasteiger partial charge in [0.15, 0.2) is 5.13 Å². The second-order valence-electron chi connectivity index (χ2n) is 7.13. The van der Waals surface area contributed by atoms with Gasteiger partial charge in [-0.3, -0.25) is 19.8 Å². The molecule has 6 nitrogen and oxygen atoms in total. The molecular weight excluding hydrogens is 360 g/mol. The summed E-state index contributed by atoms with van der Waals surface area (Å²) in [6.45, 7) is 3.82. The fourth-order valence-electron chi connectivity index (χ4n) is 3.69. The van der Waals surface area contributed by atoms with Crippen LogP contribution >= 0.6 is 11.3 Å². The first-order valence-electron chi connectivity index (χ1n) is 9.57. The Balaban J connectivity index is 1.40. The van der Waals surface area contributed by atoms with E-state index in [4.69, 9.17) is 0 Å². The molecule has 0 spiro atoms. The molecule has 1 aromatic heterocycles. The summed E-state index contributed by atoms with van der Waals surface area (Å²) in [7, 11) is 0. The zero-order valence-electron chi connectivity index (χ0n) is 15.3. The summed E-state index contributed by atoms with van der Waals surface area (Å²) in [6.07, 6.45) is 5.27. The highest BCUT2D eigenvalue weighted by Crippen LogP contribution is 2.24. The molecule has 3 heterocycles. The molecule has 2 amide bonds. The van der Waals surface area contributed by atoms with Crippen molar-refractivity contribution in [3.63, 3.8) is 0 Å². The number of rotatable bonds is 5. The molecule has 7 heteroatoms. The summed E-state index contributed by atoms with van der Waals surface area (Å²) < 4.78 is 0. The standard InChI is InChI=1S/C20H24N4O2S/c25-18-8-5-11-24(18)17-7-4-6-15(12-17)19(26)22-20-21-16(14-27-20)13-23-9-2-1-3-10-23/h4,6-7,12,14H,1-3,5,8-11,13H2,(H,21,22,26). The van der Waals surface area contributed by atoms with Gasteiger partial charge in [-0.05, 0) is 50.6 Å². The summed E-state index contributed by atoms with van der Waals surface area (Å²) in [4.78, 5) is 33.3. The van der Waals surface area contributed by atoms with E-state index in [1.807, 2.05) is 17.5 Å².